The van der Waals surface area contributed by atoms with E-state index in [0.717, 1.165) is 24.2 Å². The summed E-state index contributed by atoms with van der Waals surface area (Å²) in [5.74, 6) is -1.53. The first-order valence-corrected chi connectivity index (χ1v) is 8.86. The molecule has 0 spiro atoms. The van der Waals surface area contributed by atoms with E-state index in [1.165, 1.54) is 7.05 Å². The van der Waals surface area contributed by atoms with E-state index < -0.39 is 23.8 Å². The van der Waals surface area contributed by atoms with E-state index in [1.807, 2.05) is 41.1 Å². The summed E-state index contributed by atoms with van der Waals surface area (Å²) in [6.45, 7) is 2.79. The van der Waals surface area contributed by atoms with Crippen LogP contribution in [0.5, 0.6) is 0 Å². The molecule has 0 aliphatic carbocycles. The van der Waals surface area contributed by atoms with Gasteiger partial charge in [0.1, 0.15) is 6.04 Å². The highest BCUT2D eigenvalue weighted by Crippen LogP contribution is 2.21. The van der Waals surface area contributed by atoms with Crippen molar-refractivity contribution in [2.24, 2.45) is 5.73 Å². The Hall–Kier alpha value is -3.16. The number of nitrogens with two attached hydrogens (primary N) is 1. The van der Waals surface area contributed by atoms with Crippen LogP contribution in [0.25, 0.3) is 11.3 Å². The number of nitrogens with one attached hydrogen (secondary N) is 2. The second kappa shape index (κ2) is 9.51. The number of benzene rings is 1. The van der Waals surface area contributed by atoms with Gasteiger partial charge in [0.2, 0.25) is 17.7 Å². The van der Waals surface area contributed by atoms with Crippen LogP contribution in [0, 0.1) is 0 Å². The van der Waals surface area contributed by atoms with Gasteiger partial charge in [-0.3, -0.25) is 19.1 Å². The summed E-state index contributed by atoms with van der Waals surface area (Å²) in [6.07, 6.45) is 0.651. The Morgan fingerprint density at radius 2 is 1.93 bits per heavy atom. The van der Waals surface area contributed by atoms with Gasteiger partial charge in [-0.25, -0.2) is 0 Å². The van der Waals surface area contributed by atoms with Crippen molar-refractivity contribution in [1.82, 2.24) is 20.4 Å². The zero-order valence-electron chi connectivity index (χ0n) is 15.6. The van der Waals surface area contributed by atoms with Crippen LogP contribution in [0.3, 0.4) is 0 Å². The fraction of sp³-hybridized carbons (Fsp3) is 0.368. The first-order chi connectivity index (χ1) is 12.9. The van der Waals surface area contributed by atoms with Gasteiger partial charge < -0.3 is 16.4 Å². The van der Waals surface area contributed by atoms with E-state index in [4.69, 9.17) is 5.73 Å². The highest BCUT2D eigenvalue weighted by Gasteiger charge is 2.22. The summed E-state index contributed by atoms with van der Waals surface area (Å²) in [5, 5.41) is 9.47. The molecule has 3 amide bonds. The molecule has 4 N–H and O–H groups in total. The quantitative estimate of drug-likeness (QED) is 0.598. The van der Waals surface area contributed by atoms with Gasteiger partial charge in [0.25, 0.3) is 0 Å². The van der Waals surface area contributed by atoms with Crippen molar-refractivity contribution in [1.29, 1.82) is 0 Å². The number of likely N-dealkylation sites (N-methyl/N-ethyl adjacent to an activating group) is 1. The van der Waals surface area contributed by atoms with Crippen molar-refractivity contribution >= 4 is 17.7 Å². The minimum Gasteiger partial charge on any atom is -0.370 e. The molecule has 0 bridgehead atoms. The third kappa shape index (κ3) is 5.67. The smallest absolute Gasteiger partial charge is 0.242 e. The Kier molecular flexibility index (Phi) is 7.10. The monoisotopic (exact) mass is 371 g/mol. The molecule has 8 heteroatoms. The van der Waals surface area contributed by atoms with Gasteiger partial charge in [-0.2, -0.15) is 5.10 Å². The maximum absolute atomic E-state index is 12.3. The lowest BCUT2D eigenvalue weighted by Gasteiger charge is -2.15. The topological polar surface area (TPSA) is 119 Å². The van der Waals surface area contributed by atoms with Crippen LogP contribution in [-0.2, 0) is 27.3 Å². The molecule has 0 unspecified atom stereocenters. The van der Waals surface area contributed by atoms with E-state index in [1.54, 1.807) is 0 Å². The van der Waals surface area contributed by atoms with Crippen LogP contribution in [0.4, 0.5) is 0 Å². The Morgan fingerprint density at radius 1 is 1.22 bits per heavy atom. The number of hydrogen-bond acceptors (Lipinski definition) is 4. The lowest BCUT2D eigenvalue weighted by Crippen LogP contribution is -2.48. The summed E-state index contributed by atoms with van der Waals surface area (Å²) in [5.41, 5.74) is 7.69. The van der Waals surface area contributed by atoms with Crippen LogP contribution >= 0.6 is 0 Å². The fourth-order valence-corrected chi connectivity index (χ4v) is 2.77. The molecule has 1 atom stereocenters. The summed E-state index contributed by atoms with van der Waals surface area (Å²) >= 11 is 0. The molecule has 0 saturated carbocycles. The highest BCUT2D eigenvalue weighted by atomic mass is 16.2. The molecule has 0 aliphatic heterocycles. The third-order valence-corrected chi connectivity index (χ3v) is 3.98. The van der Waals surface area contributed by atoms with Crippen molar-refractivity contribution in [3.63, 3.8) is 0 Å². The minimum absolute atomic E-state index is 0.00278. The molecule has 0 saturated heterocycles. The Bertz CT molecular complexity index is 801. The van der Waals surface area contributed by atoms with E-state index in [-0.39, 0.29) is 12.8 Å². The van der Waals surface area contributed by atoms with Crippen LogP contribution < -0.4 is 16.4 Å². The SMILES string of the molecule is CCCn1nc(CC(=O)N[C@@H](CC(N)=O)C(=O)NC)cc1-c1ccccc1. The lowest BCUT2D eigenvalue weighted by molar-refractivity contribution is -0.130. The standard InChI is InChI=1S/C19H25N5O3/c1-3-9-24-16(13-7-5-4-6-8-13)10-14(23-24)11-18(26)22-15(12-17(20)25)19(27)21-2/h4-8,10,15H,3,9,11-12H2,1-2H3,(H2,20,25)(H,21,27)(H,22,26)/t15-/m0/s1. The van der Waals surface area contributed by atoms with Crippen molar-refractivity contribution in [3.8, 4) is 11.3 Å². The maximum Gasteiger partial charge on any atom is 0.242 e. The Labute approximate surface area is 158 Å². The van der Waals surface area contributed by atoms with E-state index in [9.17, 15) is 14.4 Å². The third-order valence-electron chi connectivity index (χ3n) is 3.98. The van der Waals surface area contributed by atoms with Crippen LogP contribution in [-0.4, -0.2) is 40.6 Å². The Balaban J connectivity index is 2.15. The number of nitrogens with zero attached hydrogens (tertiary/aromatic N) is 2. The summed E-state index contributed by atoms with van der Waals surface area (Å²) in [7, 11) is 1.43. The van der Waals surface area contributed by atoms with Gasteiger partial charge in [0.15, 0.2) is 0 Å². The molecule has 0 radical (unpaired) electrons. The number of aryl methyl sites for hydroxylation is 1. The molecular weight excluding hydrogens is 346 g/mol. The summed E-state index contributed by atoms with van der Waals surface area (Å²) in [6, 6.07) is 10.7. The predicted molar refractivity (Wildman–Crippen MR) is 101 cm³/mol. The fourth-order valence-electron chi connectivity index (χ4n) is 2.77. The zero-order chi connectivity index (χ0) is 19.8. The second-order valence-corrected chi connectivity index (χ2v) is 6.19. The first-order valence-electron chi connectivity index (χ1n) is 8.86. The van der Waals surface area contributed by atoms with Crippen LogP contribution in [0.2, 0.25) is 0 Å². The highest BCUT2D eigenvalue weighted by molar-refractivity contribution is 5.91. The van der Waals surface area contributed by atoms with Gasteiger partial charge >= 0.3 is 0 Å². The van der Waals surface area contributed by atoms with Crippen LogP contribution in [0.1, 0.15) is 25.5 Å². The van der Waals surface area contributed by atoms with Gasteiger partial charge in [-0.05, 0) is 18.1 Å². The average molecular weight is 371 g/mol. The number of primary amides is 1. The molecule has 1 aromatic carbocycles. The van der Waals surface area contributed by atoms with Gasteiger partial charge in [-0.1, -0.05) is 37.3 Å². The van der Waals surface area contributed by atoms with Crippen molar-refractivity contribution in [2.45, 2.75) is 38.8 Å². The molecule has 144 valence electrons. The number of carbonyl (C=O) groups is 3. The molecule has 27 heavy (non-hydrogen) atoms. The molecule has 2 rings (SSSR count). The first kappa shape index (κ1) is 20.2. The summed E-state index contributed by atoms with van der Waals surface area (Å²) < 4.78 is 1.87. The van der Waals surface area contributed by atoms with Gasteiger partial charge in [-0.15, -0.1) is 0 Å². The average Bonchev–Trinajstić information content (AvgIpc) is 3.03. The normalized spacial score (nSPS) is 11.6. The molecular formula is C19H25N5O3. The van der Waals surface area contributed by atoms with Crippen LogP contribution in [0.15, 0.2) is 36.4 Å². The van der Waals surface area contributed by atoms with E-state index in [0.29, 0.717) is 5.69 Å². The minimum atomic E-state index is -0.994. The van der Waals surface area contributed by atoms with Crippen molar-refractivity contribution < 1.29 is 14.4 Å². The zero-order valence-corrected chi connectivity index (χ0v) is 15.6. The van der Waals surface area contributed by atoms with Crippen molar-refractivity contribution in [3.05, 3.63) is 42.1 Å². The van der Waals surface area contributed by atoms with Gasteiger partial charge in [0, 0.05) is 13.6 Å². The van der Waals surface area contributed by atoms with Crippen molar-refractivity contribution in [2.75, 3.05) is 7.05 Å². The molecule has 2 aromatic rings. The molecule has 0 aliphatic rings. The summed E-state index contributed by atoms with van der Waals surface area (Å²) in [4.78, 5) is 35.3. The number of hydrogen-bond donors (Lipinski definition) is 3. The predicted octanol–water partition coefficient (Wildman–Crippen LogP) is 0.609. The molecule has 1 heterocycles. The lowest BCUT2D eigenvalue weighted by atomic mass is 10.1. The second-order valence-electron chi connectivity index (χ2n) is 6.19. The number of amides is 3. The molecule has 8 nitrogen and oxygen atoms in total. The van der Waals surface area contributed by atoms with E-state index >= 15 is 0 Å². The number of carbonyl (C=O) groups excluding carboxylic acids is 3. The molecule has 1 aromatic heterocycles. The van der Waals surface area contributed by atoms with Gasteiger partial charge in [0.05, 0.1) is 24.2 Å². The number of rotatable bonds is 9. The van der Waals surface area contributed by atoms with E-state index in [2.05, 4.69) is 22.7 Å². The number of aromatic nitrogens is 2. The largest absolute Gasteiger partial charge is 0.370 e. The maximum atomic E-state index is 12.3. The Morgan fingerprint density at radius 3 is 2.52 bits per heavy atom. The molecule has 0 fully saturated rings.